The van der Waals surface area contributed by atoms with Crippen molar-refractivity contribution in [3.8, 4) is 0 Å². The van der Waals surface area contributed by atoms with E-state index < -0.39 is 0 Å². The number of imidazole rings is 1. The van der Waals surface area contributed by atoms with E-state index in [4.69, 9.17) is 0 Å². The molecule has 92 valence electrons. The van der Waals surface area contributed by atoms with Crippen LogP contribution in [-0.4, -0.2) is 15.3 Å². The number of ketones is 1. The first kappa shape index (κ1) is 11.5. The molecule has 0 radical (unpaired) electrons. The van der Waals surface area contributed by atoms with Crippen molar-refractivity contribution < 1.29 is 4.79 Å². The lowest BCUT2D eigenvalue weighted by atomic mass is 10.0. The zero-order valence-corrected chi connectivity index (χ0v) is 11.0. The molecule has 1 aliphatic heterocycles. The van der Waals surface area contributed by atoms with Crippen LogP contribution in [0.2, 0.25) is 0 Å². The minimum absolute atomic E-state index is 0.138. The summed E-state index contributed by atoms with van der Waals surface area (Å²) < 4.78 is 2.15. The number of thioether (sulfide) groups is 1. The van der Waals surface area contributed by atoms with Gasteiger partial charge in [-0.15, -0.1) is 11.8 Å². The summed E-state index contributed by atoms with van der Waals surface area (Å²) in [4.78, 5) is 16.7. The predicted octanol–water partition coefficient (Wildman–Crippen LogP) is 3.32. The van der Waals surface area contributed by atoms with E-state index in [0.29, 0.717) is 5.37 Å². The first-order chi connectivity index (χ1) is 8.74. The SMILES string of the molecule is CC(=O)c1ccc2c(c1)CCC(n1ccnc1)S2. The molecule has 18 heavy (non-hydrogen) atoms. The van der Waals surface area contributed by atoms with Crippen molar-refractivity contribution in [3.05, 3.63) is 48.0 Å². The first-order valence-electron chi connectivity index (χ1n) is 6.02. The molecule has 2 aromatic rings. The van der Waals surface area contributed by atoms with E-state index in [-0.39, 0.29) is 5.78 Å². The summed E-state index contributed by atoms with van der Waals surface area (Å²) in [5.41, 5.74) is 2.11. The Kier molecular flexibility index (Phi) is 2.96. The van der Waals surface area contributed by atoms with Crippen LogP contribution in [0.1, 0.15) is 34.6 Å². The quantitative estimate of drug-likeness (QED) is 0.775. The van der Waals surface area contributed by atoms with Crippen LogP contribution in [-0.2, 0) is 6.42 Å². The third-order valence-corrected chi connectivity index (χ3v) is 4.65. The van der Waals surface area contributed by atoms with E-state index >= 15 is 0 Å². The Bertz CT molecular complexity index is 577. The molecule has 0 amide bonds. The van der Waals surface area contributed by atoms with Crippen LogP contribution >= 0.6 is 11.8 Å². The van der Waals surface area contributed by atoms with Crippen molar-refractivity contribution in [1.29, 1.82) is 0 Å². The molecule has 0 bridgehead atoms. The summed E-state index contributed by atoms with van der Waals surface area (Å²) in [6, 6.07) is 6.03. The summed E-state index contributed by atoms with van der Waals surface area (Å²) in [6.45, 7) is 1.62. The van der Waals surface area contributed by atoms with Gasteiger partial charge in [-0.25, -0.2) is 4.98 Å². The number of fused-ring (bicyclic) bond motifs is 1. The van der Waals surface area contributed by atoms with Gasteiger partial charge in [0.15, 0.2) is 5.78 Å². The van der Waals surface area contributed by atoms with Crippen molar-refractivity contribution in [3.63, 3.8) is 0 Å². The normalized spacial score (nSPS) is 18.4. The fourth-order valence-electron chi connectivity index (χ4n) is 2.24. The van der Waals surface area contributed by atoms with Gasteiger partial charge in [-0.3, -0.25) is 4.79 Å². The average molecular weight is 258 g/mol. The van der Waals surface area contributed by atoms with Crippen LogP contribution in [0.4, 0.5) is 0 Å². The van der Waals surface area contributed by atoms with Crippen molar-refractivity contribution >= 4 is 17.5 Å². The summed E-state index contributed by atoms with van der Waals surface area (Å²) in [5, 5.41) is 0.420. The highest BCUT2D eigenvalue weighted by Gasteiger charge is 2.20. The van der Waals surface area contributed by atoms with Crippen molar-refractivity contribution in [1.82, 2.24) is 9.55 Å². The number of carbonyl (C=O) groups is 1. The Morgan fingerprint density at radius 2 is 2.39 bits per heavy atom. The van der Waals surface area contributed by atoms with Crippen molar-refractivity contribution in [2.45, 2.75) is 30.0 Å². The summed E-state index contributed by atoms with van der Waals surface area (Å²) in [7, 11) is 0. The van der Waals surface area contributed by atoms with Gasteiger partial charge in [0.1, 0.15) is 0 Å². The maximum atomic E-state index is 11.4. The third-order valence-electron chi connectivity index (χ3n) is 3.25. The minimum atomic E-state index is 0.138. The van der Waals surface area contributed by atoms with Gasteiger partial charge in [0.25, 0.3) is 0 Å². The summed E-state index contributed by atoms with van der Waals surface area (Å²) in [6.07, 6.45) is 7.79. The van der Waals surface area contributed by atoms with E-state index in [1.54, 1.807) is 6.92 Å². The number of nitrogens with zero attached hydrogens (tertiary/aromatic N) is 2. The second-order valence-corrected chi connectivity index (χ2v) is 5.72. The molecular weight excluding hydrogens is 244 g/mol. The Balaban J connectivity index is 1.88. The van der Waals surface area contributed by atoms with Crippen LogP contribution in [0.15, 0.2) is 41.8 Å². The first-order valence-corrected chi connectivity index (χ1v) is 6.90. The number of rotatable bonds is 2. The molecule has 1 aromatic carbocycles. The lowest BCUT2D eigenvalue weighted by Crippen LogP contribution is -2.10. The molecule has 3 nitrogen and oxygen atoms in total. The maximum absolute atomic E-state index is 11.4. The van der Waals surface area contributed by atoms with Crippen LogP contribution in [0.3, 0.4) is 0 Å². The molecule has 0 spiro atoms. The number of hydrogen-bond donors (Lipinski definition) is 0. The van der Waals surface area contributed by atoms with E-state index in [1.165, 1.54) is 10.5 Å². The van der Waals surface area contributed by atoms with Gasteiger partial charge in [0.05, 0.1) is 11.7 Å². The molecule has 1 aromatic heterocycles. The number of aromatic nitrogens is 2. The topological polar surface area (TPSA) is 34.9 Å². The van der Waals surface area contributed by atoms with Gasteiger partial charge >= 0.3 is 0 Å². The number of benzene rings is 1. The number of aryl methyl sites for hydroxylation is 1. The molecule has 0 saturated heterocycles. The number of Topliss-reactive ketones (excluding diaryl/α,β-unsaturated/α-hetero) is 1. The number of hydrogen-bond acceptors (Lipinski definition) is 3. The van der Waals surface area contributed by atoms with Gasteiger partial charge in [-0.05, 0) is 37.5 Å². The van der Waals surface area contributed by atoms with Crippen LogP contribution in [0, 0.1) is 0 Å². The fraction of sp³-hybridized carbons (Fsp3) is 0.286. The summed E-state index contributed by atoms with van der Waals surface area (Å²) in [5.74, 6) is 0.138. The lowest BCUT2D eigenvalue weighted by Gasteiger charge is -2.25. The molecule has 0 aliphatic carbocycles. The van der Waals surface area contributed by atoms with E-state index in [2.05, 4.69) is 15.6 Å². The van der Waals surface area contributed by atoms with Gasteiger partial charge in [0, 0.05) is 22.9 Å². The van der Waals surface area contributed by atoms with Crippen molar-refractivity contribution in [2.75, 3.05) is 0 Å². The van der Waals surface area contributed by atoms with Crippen LogP contribution in [0.5, 0.6) is 0 Å². The zero-order chi connectivity index (χ0) is 12.5. The van der Waals surface area contributed by atoms with Gasteiger partial charge in [-0.1, -0.05) is 6.07 Å². The van der Waals surface area contributed by atoms with Gasteiger partial charge < -0.3 is 4.57 Å². The van der Waals surface area contributed by atoms with E-state index in [9.17, 15) is 4.79 Å². The minimum Gasteiger partial charge on any atom is -0.325 e. The highest BCUT2D eigenvalue weighted by molar-refractivity contribution is 7.99. The highest BCUT2D eigenvalue weighted by Crippen LogP contribution is 2.41. The average Bonchev–Trinajstić information content (AvgIpc) is 2.91. The number of carbonyl (C=O) groups excluding carboxylic acids is 1. The molecule has 0 fully saturated rings. The van der Waals surface area contributed by atoms with Gasteiger partial charge in [-0.2, -0.15) is 0 Å². The Morgan fingerprint density at radius 3 is 3.11 bits per heavy atom. The van der Waals surface area contributed by atoms with Crippen LogP contribution < -0.4 is 0 Å². The predicted molar refractivity (Wildman–Crippen MR) is 71.9 cm³/mol. The molecule has 1 unspecified atom stereocenters. The van der Waals surface area contributed by atoms with Crippen molar-refractivity contribution in [2.24, 2.45) is 0 Å². The smallest absolute Gasteiger partial charge is 0.159 e. The zero-order valence-electron chi connectivity index (χ0n) is 10.2. The second kappa shape index (κ2) is 4.61. The molecule has 3 rings (SSSR count). The highest BCUT2D eigenvalue weighted by atomic mass is 32.2. The monoisotopic (exact) mass is 258 g/mol. The maximum Gasteiger partial charge on any atom is 0.159 e. The fourth-order valence-corrected chi connectivity index (χ4v) is 3.48. The molecule has 1 aliphatic rings. The Hall–Kier alpha value is -1.55. The third kappa shape index (κ3) is 2.08. The Labute approximate surface area is 110 Å². The van der Waals surface area contributed by atoms with E-state index in [0.717, 1.165) is 18.4 Å². The lowest BCUT2D eigenvalue weighted by molar-refractivity contribution is 0.101. The summed E-state index contributed by atoms with van der Waals surface area (Å²) >= 11 is 1.85. The standard InChI is InChI=1S/C14H14N2OS/c1-10(17)11-2-4-13-12(8-11)3-5-14(18-13)16-7-6-15-9-16/h2,4,6-9,14H,3,5H2,1H3. The van der Waals surface area contributed by atoms with Gasteiger partial charge in [0.2, 0.25) is 0 Å². The molecule has 1 atom stereocenters. The molecule has 0 N–H and O–H groups in total. The van der Waals surface area contributed by atoms with Crippen LogP contribution in [0.25, 0.3) is 0 Å². The molecule has 2 heterocycles. The molecule has 0 saturated carbocycles. The van der Waals surface area contributed by atoms with E-state index in [1.807, 2.05) is 42.6 Å². The largest absolute Gasteiger partial charge is 0.325 e. The Morgan fingerprint density at radius 1 is 1.50 bits per heavy atom. The second-order valence-electron chi connectivity index (χ2n) is 4.50. The molecule has 4 heteroatoms. The molecular formula is C14H14N2OS.